The van der Waals surface area contributed by atoms with E-state index in [2.05, 4.69) is 9.86 Å². The molecule has 0 saturated carbocycles. The van der Waals surface area contributed by atoms with E-state index >= 15 is 0 Å². The summed E-state index contributed by atoms with van der Waals surface area (Å²) in [6.45, 7) is 0.0193. The normalized spacial score (nSPS) is 13.1. The third kappa shape index (κ3) is 8.44. The van der Waals surface area contributed by atoms with E-state index in [1.54, 1.807) is 0 Å². The van der Waals surface area contributed by atoms with Crippen LogP contribution in [0.1, 0.15) is 6.42 Å². The third-order valence-electron chi connectivity index (χ3n) is 1.07. The second-order valence-corrected chi connectivity index (χ2v) is 6.46. The Balaban J connectivity index is 3.71. The molecule has 6 nitrogen and oxygen atoms in total. The summed E-state index contributed by atoms with van der Waals surface area (Å²) in [5.41, 5.74) is 0. The summed E-state index contributed by atoms with van der Waals surface area (Å²) in [7, 11) is -6.97. The van der Waals surface area contributed by atoms with Crippen molar-refractivity contribution in [2.24, 2.45) is 5.14 Å². The summed E-state index contributed by atoms with van der Waals surface area (Å²) < 4.78 is 44.3. The topological polar surface area (TPSA) is 106 Å². The Morgan fingerprint density at radius 2 is 1.77 bits per heavy atom. The fourth-order valence-electron chi connectivity index (χ4n) is 0.540. The summed E-state index contributed by atoms with van der Waals surface area (Å²) in [5.74, 6) is -0.252. The maximum absolute atomic E-state index is 10.7. The number of nitrogens with two attached hydrogens (primary N) is 1. The lowest BCUT2D eigenvalue weighted by Gasteiger charge is -2.01. The molecule has 0 aromatic heterocycles. The van der Waals surface area contributed by atoms with E-state index in [1.165, 1.54) is 0 Å². The van der Waals surface area contributed by atoms with Crippen LogP contribution < -0.4 is 9.86 Å². The predicted molar refractivity (Wildman–Crippen MR) is 50.2 cm³/mol. The van der Waals surface area contributed by atoms with Crippen LogP contribution in [0.15, 0.2) is 0 Å². The Labute approximate surface area is 82.5 Å². The summed E-state index contributed by atoms with van der Waals surface area (Å²) >= 11 is 5.07. The van der Waals surface area contributed by atoms with Gasteiger partial charge in [-0.3, -0.25) is 0 Å². The Hall–Kier alpha value is 0.110. The highest BCUT2D eigenvalue weighted by molar-refractivity contribution is 7.90. The van der Waals surface area contributed by atoms with Crippen LogP contribution in [0.3, 0.4) is 0 Å². The number of rotatable bonds is 6. The van der Waals surface area contributed by atoms with Gasteiger partial charge in [0.25, 0.3) is 0 Å². The van der Waals surface area contributed by atoms with Crippen molar-refractivity contribution in [3.05, 3.63) is 0 Å². The van der Waals surface area contributed by atoms with Crippen molar-refractivity contribution in [1.82, 2.24) is 4.72 Å². The van der Waals surface area contributed by atoms with Crippen LogP contribution in [0.2, 0.25) is 0 Å². The standard InChI is InChI=1S/C4H11ClN2O4S2/c5-4-13(10,11)7-2-1-3-12(6,8)9/h7H,1-4H2,(H2,6,8,9). The van der Waals surface area contributed by atoms with Gasteiger partial charge < -0.3 is 0 Å². The molecule has 0 saturated heterocycles. The summed E-state index contributed by atoms with van der Waals surface area (Å²) in [4.78, 5) is 0. The van der Waals surface area contributed by atoms with Crippen LogP contribution in [-0.4, -0.2) is 34.3 Å². The molecule has 0 radical (unpaired) electrons. The van der Waals surface area contributed by atoms with E-state index in [-0.39, 0.29) is 18.7 Å². The molecule has 0 aromatic rings. The minimum absolute atomic E-state index is 0.0193. The number of hydrogen-bond donors (Lipinski definition) is 2. The summed E-state index contributed by atoms with van der Waals surface area (Å²) in [6.07, 6.45) is 0.134. The fourth-order valence-corrected chi connectivity index (χ4v) is 1.85. The van der Waals surface area contributed by atoms with Gasteiger partial charge in [0.05, 0.1) is 5.75 Å². The van der Waals surface area contributed by atoms with Crippen molar-refractivity contribution < 1.29 is 16.8 Å². The lowest BCUT2D eigenvalue weighted by molar-refractivity contribution is 0.580. The van der Waals surface area contributed by atoms with Crippen molar-refractivity contribution in [2.45, 2.75) is 6.42 Å². The zero-order valence-electron chi connectivity index (χ0n) is 6.73. The first-order chi connectivity index (χ1) is 5.77. The van der Waals surface area contributed by atoms with Gasteiger partial charge in [-0.05, 0) is 6.42 Å². The SMILES string of the molecule is NS(=O)(=O)CCCNS(=O)(=O)CCl. The van der Waals surface area contributed by atoms with Crippen LogP contribution in [0.5, 0.6) is 0 Å². The van der Waals surface area contributed by atoms with E-state index in [0.29, 0.717) is 0 Å². The average molecular weight is 251 g/mol. The molecule has 80 valence electrons. The van der Waals surface area contributed by atoms with Gasteiger partial charge in [0, 0.05) is 6.54 Å². The van der Waals surface area contributed by atoms with Gasteiger partial charge in [-0.2, -0.15) is 0 Å². The molecule has 0 aliphatic rings. The zero-order chi connectivity index (χ0) is 10.5. The molecule has 0 bridgehead atoms. The molecule has 0 heterocycles. The smallest absolute Gasteiger partial charge is 0.225 e. The lowest BCUT2D eigenvalue weighted by atomic mass is 10.5. The van der Waals surface area contributed by atoms with Crippen molar-refractivity contribution in [1.29, 1.82) is 0 Å². The molecule has 9 heteroatoms. The number of sulfonamides is 2. The lowest BCUT2D eigenvalue weighted by Crippen LogP contribution is -2.28. The minimum atomic E-state index is -3.52. The van der Waals surface area contributed by atoms with Gasteiger partial charge in [-0.1, -0.05) is 0 Å². The first kappa shape index (κ1) is 13.1. The molecule has 0 fully saturated rings. The number of primary sulfonamides is 1. The van der Waals surface area contributed by atoms with E-state index in [9.17, 15) is 16.8 Å². The van der Waals surface area contributed by atoms with Crippen LogP contribution in [0.25, 0.3) is 0 Å². The molecule has 0 atom stereocenters. The summed E-state index contributed by atoms with van der Waals surface area (Å²) in [6, 6.07) is 0. The molecule has 3 N–H and O–H groups in total. The number of halogens is 1. The molecule has 0 aromatic carbocycles. The molecule has 0 aliphatic carbocycles. The van der Waals surface area contributed by atoms with Gasteiger partial charge in [0.15, 0.2) is 0 Å². The minimum Gasteiger partial charge on any atom is -0.229 e. The van der Waals surface area contributed by atoms with Crippen molar-refractivity contribution >= 4 is 31.6 Å². The number of alkyl halides is 1. The van der Waals surface area contributed by atoms with Gasteiger partial charge in [0.1, 0.15) is 5.21 Å². The molecule has 0 spiro atoms. The molecule has 0 amide bonds. The highest BCUT2D eigenvalue weighted by atomic mass is 35.5. The predicted octanol–water partition coefficient (Wildman–Crippen LogP) is -1.22. The first-order valence-corrected chi connectivity index (χ1v) is 7.21. The van der Waals surface area contributed by atoms with Crippen LogP contribution in [0.4, 0.5) is 0 Å². The Morgan fingerprint density at radius 1 is 1.23 bits per heavy atom. The van der Waals surface area contributed by atoms with Gasteiger partial charge in [0.2, 0.25) is 20.0 Å². The number of nitrogens with one attached hydrogen (secondary N) is 1. The Morgan fingerprint density at radius 3 is 2.15 bits per heavy atom. The Bertz CT molecular complexity index is 335. The van der Waals surface area contributed by atoms with Gasteiger partial charge >= 0.3 is 0 Å². The van der Waals surface area contributed by atoms with Crippen molar-refractivity contribution in [3.8, 4) is 0 Å². The quantitative estimate of drug-likeness (QED) is 0.455. The maximum Gasteiger partial charge on any atom is 0.225 e. The third-order valence-corrected chi connectivity index (χ3v) is 3.72. The van der Waals surface area contributed by atoms with Crippen molar-refractivity contribution in [2.75, 3.05) is 17.5 Å². The second kappa shape index (κ2) is 5.11. The van der Waals surface area contributed by atoms with Gasteiger partial charge in [-0.25, -0.2) is 26.7 Å². The van der Waals surface area contributed by atoms with E-state index in [4.69, 9.17) is 11.6 Å². The van der Waals surface area contributed by atoms with Crippen LogP contribution in [0, 0.1) is 0 Å². The van der Waals surface area contributed by atoms with E-state index in [0.717, 1.165) is 0 Å². The highest BCUT2D eigenvalue weighted by Crippen LogP contribution is 1.89. The molecule has 13 heavy (non-hydrogen) atoms. The molecular formula is C4H11ClN2O4S2. The molecular weight excluding hydrogens is 240 g/mol. The van der Waals surface area contributed by atoms with E-state index in [1.807, 2.05) is 0 Å². The summed E-state index contributed by atoms with van der Waals surface area (Å²) in [5, 5.41) is 4.15. The molecule has 0 aliphatic heterocycles. The fraction of sp³-hybridized carbons (Fsp3) is 1.00. The van der Waals surface area contributed by atoms with Gasteiger partial charge in [-0.15, -0.1) is 11.6 Å². The second-order valence-electron chi connectivity index (χ2n) is 2.34. The van der Waals surface area contributed by atoms with Crippen LogP contribution in [-0.2, 0) is 20.0 Å². The maximum atomic E-state index is 10.7. The molecule has 0 rings (SSSR count). The first-order valence-electron chi connectivity index (χ1n) is 3.30. The van der Waals surface area contributed by atoms with Crippen LogP contribution >= 0.6 is 11.6 Å². The number of hydrogen-bond acceptors (Lipinski definition) is 4. The average Bonchev–Trinajstić information content (AvgIpc) is 1.97. The van der Waals surface area contributed by atoms with E-state index < -0.39 is 25.3 Å². The molecule has 0 unspecified atom stereocenters. The monoisotopic (exact) mass is 250 g/mol. The highest BCUT2D eigenvalue weighted by Gasteiger charge is 2.07. The largest absolute Gasteiger partial charge is 0.229 e. The zero-order valence-corrected chi connectivity index (χ0v) is 9.12. The van der Waals surface area contributed by atoms with Crippen molar-refractivity contribution in [3.63, 3.8) is 0 Å². The Kier molecular flexibility index (Phi) is 5.15.